The number of thiazole rings is 1. The van der Waals surface area contributed by atoms with Crippen LogP contribution in [0.1, 0.15) is 54.8 Å². The minimum absolute atomic E-state index is 0.112. The van der Waals surface area contributed by atoms with E-state index in [1.54, 1.807) is 11.3 Å². The summed E-state index contributed by atoms with van der Waals surface area (Å²) < 4.78 is 5.96. The van der Waals surface area contributed by atoms with Crippen LogP contribution in [0.3, 0.4) is 0 Å². The molecule has 4 rings (SSSR count). The van der Waals surface area contributed by atoms with Crippen molar-refractivity contribution in [2.45, 2.75) is 58.3 Å². The van der Waals surface area contributed by atoms with Crippen LogP contribution in [-0.4, -0.2) is 47.9 Å². The quantitative estimate of drug-likeness (QED) is 0.745. The molecular weight excluding hydrogens is 422 g/mol. The molecule has 2 aliphatic rings. The number of likely N-dealkylation sites (tertiary alicyclic amines) is 1. The molecule has 0 unspecified atom stereocenters. The molecule has 6 nitrogen and oxygen atoms in total. The lowest BCUT2D eigenvalue weighted by molar-refractivity contribution is -0.140. The summed E-state index contributed by atoms with van der Waals surface area (Å²) in [5.74, 6) is 1.16. The van der Waals surface area contributed by atoms with E-state index < -0.39 is 0 Å². The molecule has 0 bridgehead atoms. The summed E-state index contributed by atoms with van der Waals surface area (Å²) in [5.41, 5.74) is 1.71. The fourth-order valence-corrected chi connectivity index (χ4v) is 5.46. The number of rotatable bonds is 2. The summed E-state index contributed by atoms with van der Waals surface area (Å²) in [7, 11) is 0. The molecule has 0 saturated carbocycles. The number of carbonyl (C=O) groups excluding carboxylic acids is 2. The van der Waals surface area contributed by atoms with E-state index in [9.17, 15) is 9.59 Å². The van der Waals surface area contributed by atoms with Gasteiger partial charge >= 0.3 is 0 Å². The van der Waals surface area contributed by atoms with Crippen molar-refractivity contribution in [3.8, 4) is 5.75 Å². The lowest BCUT2D eigenvalue weighted by atomic mass is 9.73. The van der Waals surface area contributed by atoms with Gasteiger partial charge in [-0.05, 0) is 50.7 Å². The van der Waals surface area contributed by atoms with Crippen LogP contribution < -0.4 is 10.1 Å². The summed E-state index contributed by atoms with van der Waals surface area (Å²) >= 11 is 1.57. The number of nitrogens with zero attached hydrogens (tertiary/aromatic N) is 2. The second kappa shape index (κ2) is 10.5. The Bertz CT molecular complexity index is 934. The van der Waals surface area contributed by atoms with E-state index in [-0.39, 0.29) is 17.2 Å². The minimum Gasteiger partial charge on any atom is -0.491 e. The fourth-order valence-electron chi connectivity index (χ4n) is 4.85. The highest BCUT2D eigenvalue weighted by Gasteiger charge is 2.41. The van der Waals surface area contributed by atoms with Gasteiger partial charge in [0.25, 0.3) is 0 Å². The summed E-state index contributed by atoms with van der Waals surface area (Å²) in [6.45, 7) is 4.20. The molecule has 1 fully saturated rings. The number of amides is 2. The maximum atomic E-state index is 13.2. The second-order valence-corrected chi connectivity index (χ2v) is 10.0. The van der Waals surface area contributed by atoms with Gasteiger partial charge < -0.3 is 15.0 Å². The Morgan fingerprint density at radius 1 is 1.19 bits per heavy atom. The van der Waals surface area contributed by atoms with Crippen LogP contribution in [0.15, 0.2) is 29.6 Å². The molecule has 2 amide bonds. The van der Waals surface area contributed by atoms with Crippen molar-refractivity contribution in [2.75, 3.05) is 26.2 Å². The van der Waals surface area contributed by atoms with Gasteiger partial charge in [0.1, 0.15) is 12.4 Å². The molecule has 1 spiro atoms. The predicted molar refractivity (Wildman–Crippen MR) is 126 cm³/mol. The molecule has 172 valence electrons. The number of piperidine rings is 1. The number of ether oxygens (including phenoxy) is 1. The van der Waals surface area contributed by atoms with Gasteiger partial charge in [0.15, 0.2) is 0 Å². The number of fused-ring (bicyclic) bond motifs is 1. The SMILES string of the molecule is Cc1nc(CC(=O)N2CCC3(CCCCCc4ccccc4OCCNC3=O)CC2)cs1. The van der Waals surface area contributed by atoms with Crippen molar-refractivity contribution in [2.24, 2.45) is 5.41 Å². The summed E-state index contributed by atoms with van der Waals surface area (Å²) in [6, 6.07) is 8.20. The average molecular weight is 456 g/mol. The summed E-state index contributed by atoms with van der Waals surface area (Å²) in [5, 5.41) is 6.07. The molecule has 1 aromatic heterocycles. The van der Waals surface area contributed by atoms with Crippen LogP contribution >= 0.6 is 11.3 Å². The summed E-state index contributed by atoms with van der Waals surface area (Å²) in [6.07, 6.45) is 6.90. The number of nitrogens with one attached hydrogen (secondary N) is 1. The maximum Gasteiger partial charge on any atom is 0.228 e. The molecule has 32 heavy (non-hydrogen) atoms. The van der Waals surface area contributed by atoms with Gasteiger partial charge in [0.05, 0.1) is 29.1 Å². The second-order valence-electron chi connectivity index (χ2n) is 8.97. The highest BCUT2D eigenvalue weighted by molar-refractivity contribution is 7.09. The fraction of sp³-hybridized carbons (Fsp3) is 0.560. The zero-order chi connectivity index (χ0) is 22.4. The Labute approximate surface area is 194 Å². The third-order valence-corrected chi connectivity index (χ3v) is 7.60. The van der Waals surface area contributed by atoms with Crippen molar-refractivity contribution < 1.29 is 14.3 Å². The molecule has 1 N–H and O–H groups in total. The number of para-hydroxylation sites is 1. The van der Waals surface area contributed by atoms with Crippen LogP contribution in [0.4, 0.5) is 0 Å². The molecule has 2 aliphatic heterocycles. The molecule has 2 aromatic rings. The zero-order valence-corrected chi connectivity index (χ0v) is 19.7. The Balaban J connectivity index is 1.36. The molecule has 0 atom stereocenters. The Morgan fingerprint density at radius 3 is 2.78 bits per heavy atom. The number of hydrogen-bond donors (Lipinski definition) is 1. The Kier molecular flexibility index (Phi) is 7.45. The molecule has 7 heteroatoms. The molecule has 1 aromatic carbocycles. The predicted octanol–water partition coefficient (Wildman–Crippen LogP) is 3.91. The van der Waals surface area contributed by atoms with E-state index in [1.807, 2.05) is 29.3 Å². The van der Waals surface area contributed by atoms with Gasteiger partial charge in [-0.3, -0.25) is 9.59 Å². The van der Waals surface area contributed by atoms with Gasteiger partial charge in [0, 0.05) is 18.5 Å². The van der Waals surface area contributed by atoms with Gasteiger partial charge in [-0.1, -0.05) is 31.0 Å². The standard InChI is InChI=1S/C25H33N3O3S/c1-19-27-21(18-32-19)17-23(29)28-14-11-25(12-15-28)10-6-2-3-7-20-8-4-5-9-22(20)31-16-13-26-24(25)30/h4-5,8-9,18H,2-3,6-7,10-17H2,1H3,(H,26,30). The van der Waals surface area contributed by atoms with Crippen LogP contribution in [0.25, 0.3) is 0 Å². The van der Waals surface area contributed by atoms with E-state index in [0.717, 1.165) is 61.4 Å². The zero-order valence-electron chi connectivity index (χ0n) is 18.9. The highest BCUT2D eigenvalue weighted by atomic mass is 32.1. The lowest BCUT2D eigenvalue weighted by Gasteiger charge is -2.41. The molecule has 0 aliphatic carbocycles. The van der Waals surface area contributed by atoms with Crippen molar-refractivity contribution in [1.29, 1.82) is 0 Å². The topological polar surface area (TPSA) is 71.5 Å². The van der Waals surface area contributed by atoms with Crippen molar-refractivity contribution >= 4 is 23.2 Å². The Morgan fingerprint density at radius 2 is 2.00 bits per heavy atom. The first-order chi connectivity index (χ1) is 15.6. The monoisotopic (exact) mass is 455 g/mol. The summed E-state index contributed by atoms with van der Waals surface area (Å²) in [4.78, 5) is 32.3. The van der Waals surface area contributed by atoms with E-state index in [0.29, 0.717) is 32.7 Å². The van der Waals surface area contributed by atoms with Crippen LogP contribution in [0, 0.1) is 12.3 Å². The number of aryl methyl sites for hydroxylation is 2. The lowest BCUT2D eigenvalue weighted by Crippen LogP contribution is -2.51. The normalized spacial score (nSPS) is 19.7. The Hall–Kier alpha value is -2.41. The van der Waals surface area contributed by atoms with Crippen molar-refractivity contribution in [3.05, 3.63) is 45.9 Å². The third-order valence-electron chi connectivity index (χ3n) is 6.77. The van der Waals surface area contributed by atoms with Gasteiger partial charge in [-0.2, -0.15) is 0 Å². The number of benzene rings is 1. The smallest absolute Gasteiger partial charge is 0.228 e. The highest BCUT2D eigenvalue weighted by Crippen LogP contribution is 2.37. The number of hydrogen-bond acceptors (Lipinski definition) is 5. The van der Waals surface area contributed by atoms with Gasteiger partial charge in [-0.25, -0.2) is 4.98 Å². The molecule has 0 radical (unpaired) electrons. The number of aromatic nitrogens is 1. The van der Waals surface area contributed by atoms with Gasteiger partial charge in [0.2, 0.25) is 11.8 Å². The first kappa shape index (κ1) is 22.8. The average Bonchev–Trinajstić information content (AvgIpc) is 3.21. The number of carbonyl (C=O) groups is 2. The van der Waals surface area contributed by atoms with Gasteiger partial charge in [-0.15, -0.1) is 11.3 Å². The van der Waals surface area contributed by atoms with Crippen LogP contribution in [0.5, 0.6) is 5.75 Å². The van der Waals surface area contributed by atoms with Crippen LogP contribution in [0.2, 0.25) is 0 Å². The molecule has 3 heterocycles. The maximum absolute atomic E-state index is 13.2. The van der Waals surface area contributed by atoms with E-state index in [1.165, 1.54) is 5.56 Å². The first-order valence-corrected chi connectivity index (χ1v) is 12.6. The minimum atomic E-state index is -0.380. The van der Waals surface area contributed by atoms with E-state index in [2.05, 4.69) is 22.4 Å². The van der Waals surface area contributed by atoms with Crippen molar-refractivity contribution in [1.82, 2.24) is 15.2 Å². The van der Waals surface area contributed by atoms with E-state index >= 15 is 0 Å². The molecule has 1 saturated heterocycles. The van der Waals surface area contributed by atoms with Crippen molar-refractivity contribution in [3.63, 3.8) is 0 Å². The third kappa shape index (κ3) is 5.49. The first-order valence-electron chi connectivity index (χ1n) is 11.7. The molecular formula is C25H33N3O3S. The van der Waals surface area contributed by atoms with Crippen LogP contribution in [-0.2, 0) is 22.4 Å². The largest absolute Gasteiger partial charge is 0.491 e. The van der Waals surface area contributed by atoms with E-state index in [4.69, 9.17) is 4.74 Å².